The number of ether oxygens (including phenoxy) is 1. The second-order valence-corrected chi connectivity index (χ2v) is 5.51. The molecule has 8 nitrogen and oxygen atoms in total. The summed E-state index contributed by atoms with van der Waals surface area (Å²) in [7, 11) is 0. The van der Waals surface area contributed by atoms with E-state index in [1.165, 1.54) is 6.33 Å². The zero-order valence-electron chi connectivity index (χ0n) is 12.7. The van der Waals surface area contributed by atoms with Crippen molar-refractivity contribution < 1.29 is 13.9 Å². The Morgan fingerprint density at radius 3 is 2.96 bits per heavy atom. The fraction of sp³-hybridized carbons (Fsp3) is 0.400. The molecule has 4 rings (SSSR count). The minimum atomic E-state index is -0.418. The fourth-order valence-corrected chi connectivity index (χ4v) is 3.01. The van der Waals surface area contributed by atoms with Gasteiger partial charge in [0.15, 0.2) is 0 Å². The van der Waals surface area contributed by atoms with Crippen molar-refractivity contribution in [2.45, 2.75) is 13.0 Å². The number of allylic oxidation sites excluding steroid dienone is 1. The summed E-state index contributed by atoms with van der Waals surface area (Å²) in [5, 5.41) is 7.41. The highest BCUT2D eigenvalue weighted by Crippen LogP contribution is 2.35. The summed E-state index contributed by atoms with van der Waals surface area (Å²) in [6, 6.07) is 3.24. The molecule has 120 valence electrons. The first kappa shape index (κ1) is 14.0. The van der Waals surface area contributed by atoms with Gasteiger partial charge in [-0.2, -0.15) is 10.1 Å². The minimum absolute atomic E-state index is 0.0270. The molecule has 8 heteroatoms. The van der Waals surface area contributed by atoms with E-state index in [1.54, 1.807) is 17.0 Å². The van der Waals surface area contributed by atoms with Crippen LogP contribution < -0.4 is 5.32 Å². The van der Waals surface area contributed by atoms with E-state index in [9.17, 15) is 4.79 Å². The Morgan fingerprint density at radius 1 is 1.39 bits per heavy atom. The lowest BCUT2D eigenvalue weighted by Gasteiger charge is -2.32. The smallest absolute Gasteiger partial charge is 0.254 e. The van der Waals surface area contributed by atoms with Crippen LogP contribution in [0.25, 0.3) is 0 Å². The van der Waals surface area contributed by atoms with Gasteiger partial charge in [0, 0.05) is 18.8 Å². The normalized spacial score (nSPS) is 21.1. The van der Waals surface area contributed by atoms with Gasteiger partial charge < -0.3 is 19.4 Å². The predicted octanol–water partition coefficient (Wildman–Crippen LogP) is 1.02. The zero-order chi connectivity index (χ0) is 15.8. The highest BCUT2D eigenvalue weighted by Gasteiger charge is 2.37. The third kappa shape index (κ3) is 2.31. The van der Waals surface area contributed by atoms with Crippen LogP contribution in [-0.4, -0.2) is 51.9 Å². The van der Waals surface area contributed by atoms with E-state index in [1.807, 2.05) is 17.9 Å². The average Bonchev–Trinajstić information content (AvgIpc) is 3.25. The van der Waals surface area contributed by atoms with Crippen LogP contribution in [0, 0.1) is 0 Å². The summed E-state index contributed by atoms with van der Waals surface area (Å²) in [6.07, 6.45) is 3.06. The molecule has 2 aliphatic rings. The quantitative estimate of drug-likeness (QED) is 0.890. The maximum absolute atomic E-state index is 13.1. The van der Waals surface area contributed by atoms with E-state index in [-0.39, 0.29) is 5.91 Å². The Kier molecular flexibility index (Phi) is 3.38. The van der Waals surface area contributed by atoms with Gasteiger partial charge in [-0.3, -0.25) is 4.79 Å². The van der Waals surface area contributed by atoms with Crippen molar-refractivity contribution in [3.05, 3.63) is 41.8 Å². The van der Waals surface area contributed by atoms with Gasteiger partial charge in [0.05, 0.1) is 25.1 Å². The number of nitrogens with one attached hydrogen (secondary N) is 1. The Balaban J connectivity index is 1.77. The Bertz CT molecular complexity index is 743. The number of aromatic nitrogens is 3. The molecule has 0 aliphatic carbocycles. The number of hydrogen-bond donors (Lipinski definition) is 1. The third-order valence-corrected chi connectivity index (χ3v) is 4.14. The number of furan rings is 1. The summed E-state index contributed by atoms with van der Waals surface area (Å²) in [5.41, 5.74) is 1.39. The second kappa shape index (κ2) is 5.54. The van der Waals surface area contributed by atoms with E-state index >= 15 is 0 Å². The van der Waals surface area contributed by atoms with Crippen LogP contribution in [0.15, 0.2) is 40.4 Å². The van der Waals surface area contributed by atoms with Gasteiger partial charge in [-0.1, -0.05) is 0 Å². The van der Waals surface area contributed by atoms with E-state index in [4.69, 9.17) is 9.15 Å². The average molecular weight is 315 g/mol. The first-order chi connectivity index (χ1) is 11.3. The molecule has 0 saturated carbocycles. The topological polar surface area (TPSA) is 85.4 Å². The SMILES string of the molecule is CC1=C(C(=O)N2CCOCC2)[C@H](c2ccco2)n2ncnc2N1. The molecule has 1 fully saturated rings. The monoisotopic (exact) mass is 315 g/mol. The summed E-state index contributed by atoms with van der Waals surface area (Å²) in [5.74, 6) is 1.23. The van der Waals surface area contributed by atoms with Crippen LogP contribution in [0.5, 0.6) is 0 Å². The van der Waals surface area contributed by atoms with Gasteiger partial charge in [-0.15, -0.1) is 0 Å². The van der Waals surface area contributed by atoms with Gasteiger partial charge in [-0.05, 0) is 19.1 Å². The van der Waals surface area contributed by atoms with Crippen LogP contribution in [0.4, 0.5) is 5.95 Å². The second-order valence-electron chi connectivity index (χ2n) is 5.51. The lowest BCUT2D eigenvalue weighted by atomic mass is 9.99. The van der Waals surface area contributed by atoms with Gasteiger partial charge in [-0.25, -0.2) is 4.68 Å². The van der Waals surface area contributed by atoms with Crippen LogP contribution >= 0.6 is 0 Å². The van der Waals surface area contributed by atoms with E-state index in [2.05, 4.69) is 15.4 Å². The molecule has 0 aromatic carbocycles. The van der Waals surface area contributed by atoms with Crippen molar-refractivity contribution in [1.82, 2.24) is 19.7 Å². The lowest BCUT2D eigenvalue weighted by molar-refractivity contribution is -0.131. The minimum Gasteiger partial charge on any atom is -0.467 e. The van der Waals surface area contributed by atoms with Crippen molar-refractivity contribution in [3.8, 4) is 0 Å². The maximum atomic E-state index is 13.1. The zero-order valence-corrected chi connectivity index (χ0v) is 12.7. The summed E-state index contributed by atoms with van der Waals surface area (Å²) in [6.45, 7) is 4.17. The molecule has 2 aliphatic heterocycles. The Morgan fingerprint density at radius 2 is 2.22 bits per heavy atom. The first-order valence-corrected chi connectivity index (χ1v) is 7.53. The van der Waals surface area contributed by atoms with Gasteiger partial charge in [0.2, 0.25) is 5.95 Å². The number of rotatable bonds is 2. The summed E-state index contributed by atoms with van der Waals surface area (Å²) >= 11 is 0. The number of nitrogens with zero attached hydrogens (tertiary/aromatic N) is 4. The molecule has 4 heterocycles. The van der Waals surface area contributed by atoms with Crippen molar-refractivity contribution >= 4 is 11.9 Å². The summed E-state index contributed by atoms with van der Waals surface area (Å²) < 4.78 is 12.6. The standard InChI is InChI=1S/C15H17N5O3/c1-10-12(14(21)19-4-7-22-8-5-19)13(11-3-2-6-23-11)20-15(18-10)16-9-17-20/h2-3,6,9,13H,4-5,7-8H2,1H3,(H,16,17,18)/t13-/m0/s1. The molecule has 0 spiro atoms. The molecule has 0 unspecified atom stereocenters. The maximum Gasteiger partial charge on any atom is 0.254 e. The number of anilines is 1. The number of carbonyl (C=O) groups excluding carboxylic acids is 1. The number of hydrogen-bond acceptors (Lipinski definition) is 6. The molecule has 1 atom stereocenters. The number of carbonyl (C=O) groups is 1. The fourth-order valence-electron chi connectivity index (χ4n) is 3.01. The lowest BCUT2D eigenvalue weighted by Crippen LogP contribution is -2.44. The first-order valence-electron chi connectivity index (χ1n) is 7.53. The van der Waals surface area contributed by atoms with Gasteiger partial charge in [0.1, 0.15) is 18.1 Å². The van der Waals surface area contributed by atoms with Crippen LogP contribution in [0.3, 0.4) is 0 Å². The van der Waals surface area contributed by atoms with Crippen molar-refractivity contribution in [2.75, 3.05) is 31.6 Å². The van der Waals surface area contributed by atoms with Crippen molar-refractivity contribution in [3.63, 3.8) is 0 Å². The predicted molar refractivity (Wildman–Crippen MR) is 80.6 cm³/mol. The molecule has 1 amide bonds. The van der Waals surface area contributed by atoms with Crippen LogP contribution in [-0.2, 0) is 9.53 Å². The van der Waals surface area contributed by atoms with Crippen LogP contribution in [0.1, 0.15) is 18.7 Å². The molecule has 23 heavy (non-hydrogen) atoms. The number of fused-ring (bicyclic) bond motifs is 1. The molecular formula is C15H17N5O3. The summed E-state index contributed by atoms with van der Waals surface area (Å²) in [4.78, 5) is 19.1. The molecule has 2 aromatic heterocycles. The molecule has 2 aromatic rings. The van der Waals surface area contributed by atoms with Crippen molar-refractivity contribution in [2.24, 2.45) is 0 Å². The van der Waals surface area contributed by atoms with E-state index in [0.717, 1.165) is 5.70 Å². The molecule has 1 N–H and O–H groups in total. The highest BCUT2D eigenvalue weighted by atomic mass is 16.5. The third-order valence-electron chi connectivity index (χ3n) is 4.14. The van der Waals surface area contributed by atoms with Gasteiger partial charge in [0.25, 0.3) is 5.91 Å². The van der Waals surface area contributed by atoms with Crippen LogP contribution in [0.2, 0.25) is 0 Å². The molecular weight excluding hydrogens is 298 g/mol. The molecule has 1 saturated heterocycles. The van der Waals surface area contributed by atoms with Crippen molar-refractivity contribution in [1.29, 1.82) is 0 Å². The van der Waals surface area contributed by atoms with Gasteiger partial charge >= 0.3 is 0 Å². The number of amides is 1. The number of morpholine rings is 1. The molecule has 0 radical (unpaired) electrons. The highest BCUT2D eigenvalue weighted by molar-refractivity contribution is 5.96. The molecule has 0 bridgehead atoms. The Labute approximate surface area is 132 Å². The Hall–Kier alpha value is -2.61. The van der Waals surface area contributed by atoms with E-state index in [0.29, 0.717) is 43.6 Å². The largest absolute Gasteiger partial charge is 0.467 e. The van der Waals surface area contributed by atoms with E-state index < -0.39 is 6.04 Å².